The SMILES string of the molecule is CCCOON=O. The number of hydrogen-bond acceptors (Lipinski definition) is 4. The van der Waals surface area contributed by atoms with E-state index in [9.17, 15) is 0 Å². The van der Waals surface area contributed by atoms with E-state index >= 15 is 0 Å². The van der Waals surface area contributed by atoms with Crippen molar-refractivity contribution in [2.45, 2.75) is 13.3 Å². The molecule has 7 heavy (non-hydrogen) atoms. The quantitative estimate of drug-likeness (QED) is 0.232. The van der Waals surface area contributed by atoms with E-state index in [1.54, 1.807) is 0 Å². The highest BCUT2D eigenvalue weighted by Gasteiger charge is 1.78. The van der Waals surface area contributed by atoms with Crippen LogP contribution in [0.15, 0.2) is 5.34 Å². The molecule has 0 aliphatic heterocycles. The Hall–Kier alpha value is -0.640. The van der Waals surface area contributed by atoms with E-state index < -0.39 is 0 Å². The molecule has 0 unspecified atom stereocenters. The average molecular weight is 105 g/mol. The molecule has 0 saturated heterocycles. The summed E-state index contributed by atoms with van der Waals surface area (Å²) in [5, 5.41) is 2.00. The summed E-state index contributed by atoms with van der Waals surface area (Å²) >= 11 is 0. The van der Waals surface area contributed by atoms with Gasteiger partial charge in [-0.15, -0.1) is 4.91 Å². The van der Waals surface area contributed by atoms with Crippen molar-refractivity contribution in [3.63, 3.8) is 0 Å². The molecule has 0 aromatic heterocycles. The van der Waals surface area contributed by atoms with Crippen LogP contribution in [0, 0.1) is 4.91 Å². The first-order valence-corrected chi connectivity index (χ1v) is 2.03. The predicted octanol–water partition coefficient (Wildman–Crippen LogP) is 1.03. The van der Waals surface area contributed by atoms with Crippen molar-refractivity contribution in [1.82, 2.24) is 0 Å². The Balaban J connectivity index is 2.56. The molecule has 0 radical (unpaired) electrons. The zero-order valence-corrected chi connectivity index (χ0v) is 4.09. The molecular weight excluding hydrogens is 98.0 g/mol. The Morgan fingerprint density at radius 1 is 1.71 bits per heavy atom. The smallest absolute Gasteiger partial charge is 0.181 e. The van der Waals surface area contributed by atoms with E-state index in [0.29, 0.717) is 6.61 Å². The number of hydrogen-bond donors (Lipinski definition) is 0. The van der Waals surface area contributed by atoms with Gasteiger partial charge in [0.2, 0.25) is 0 Å². The highest BCUT2D eigenvalue weighted by Crippen LogP contribution is 1.80. The van der Waals surface area contributed by atoms with Gasteiger partial charge in [0.1, 0.15) is 0 Å². The van der Waals surface area contributed by atoms with Crippen LogP contribution < -0.4 is 0 Å². The van der Waals surface area contributed by atoms with Crippen molar-refractivity contribution in [1.29, 1.82) is 0 Å². The van der Waals surface area contributed by atoms with E-state index in [2.05, 4.69) is 9.88 Å². The lowest BCUT2D eigenvalue weighted by molar-refractivity contribution is -0.297. The third kappa shape index (κ3) is 5.36. The van der Waals surface area contributed by atoms with E-state index in [1.807, 2.05) is 12.3 Å². The Kier molecular flexibility index (Phi) is 4.87. The largest absolute Gasteiger partial charge is 0.190 e. The Bertz CT molecular complexity index is 47.4. The summed E-state index contributed by atoms with van der Waals surface area (Å²) in [6, 6.07) is 0. The van der Waals surface area contributed by atoms with Gasteiger partial charge in [0, 0.05) is 0 Å². The van der Waals surface area contributed by atoms with Gasteiger partial charge in [-0.2, -0.15) is 9.88 Å². The molecule has 0 aliphatic rings. The fourth-order valence-corrected chi connectivity index (χ4v) is 0.142. The molecule has 0 saturated carbocycles. The standard InChI is InChI=1S/C3H7NO3/c1-2-3-6-7-4-5/h2-3H2,1H3. The molecule has 0 rings (SSSR count). The van der Waals surface area contributed by atoms with Gasteiger partial charge in [0.05, 0.1) is 6.61 Å². The van der Waals surface area contributed by atoms with Crippen molar-refractivity contribution >= 4 is 0 Å². The normalized spacial score (nSPS) is 8.14. The molecule has 0 aliphatic carbocycles. The first-order valence-electron chi connectivity index (χ1n) is 2.03. The molecule has 0 N–H and O–H groups in total. The fraction of sp³-hybridized carbons (Fsp3) is 1.00. The lowest BCUT2D eigenvalue weighted by Crippen LogP contribution is -1.87. The molecular formula is C3H7NO3. The van der Waals surface area contributed by atoms with Gasteiger partial charge in [-0.3, -0.25) is 0 Å². The predicted molar refractivity (Wildman–Crippen MR) is 23.1 cm³/mol. The maximum absolute atomic E-state index is 9.08. The molecule has 0 bridgehead atoms. The highest BCUT2D eigenvalue weighted by molar-refractivity contribution is 4.13. The minimum absolute atomic E-state index is 0.408. The maximum atomic E-state index is 9.08. The van der Waals surface area contributed by atoms with E-state index in [-0.39, 0.29) is 0 Å². The van der Waals surface area contributed by atoms with E-state index in [0.717, 1.165) is 6.42 Å². The molecule has 0 aromatic carbocycles. The van der Waals surface area contributed by atoms with E-state index in [4.69, 9.17) is 4.91 Å². The summed E-state index contributed by atoms with van der Waals surface area (Å²) in [4.78, 5) is 16.9. The Morgan fingerprint density at radius 2 is 2.43 bits per heavy atom. The highest BCUT2D eigenvalue weighted by atomic mass is 17.3. The molecule has 4 heteroatoms. The van der Waals surface area contributed by atoms with Crippen LogP contribution in [0.2, 0.25) is 0 Å². The third-order valence-electron chi connectivity index (χ3n) is 0.371. The first kappa shape index (κ1) is 6.36. The summed E-state index contributed by atoms with van der Waals surface area (Å²) in [6.07, 6.45) is 0.815. The summed E-state index contributed by atoms with van der Waals surface area (Å²) in [6.45, 7) is 2.31. The molecule has 0 aromatic rings. The summed E-state index contributed by atoms with van der Waals surface area (Å²) in [7, 11) is 0. The van der Waals surface area contributed by atoms with Crippen LogP contribution >= 0.6 is 0 Å². The van der Waals surface area contributed by atoms with Gasteiger partial charge >= 0.3 is 0 Å². The number of rotatable bonds is 4. The fourth-order valence-electron chi connectivity index (χ4n) is 0.142. The van der Waals surface area contributed by atoms with Gasteiger partial charge in [-0.1, -0.05) is 6.92 Å². The molecule has 0 spiro atoms. The second kappa shape index (κ2) is 5.36. The Morgan fingerprint density at radius 3 is 2.86 bits per heavy atom. The summed E-state index contributed by atoms with van der Waals surface area (Å²) in [5.74, 6) is 0. The van der Waals surface area contributed by atoms with Crippen LogP contribution in [0.1, 0.15) is 13.3 Å². The van der Waals surface area contributed by atoms with Crippen molar-refractivity contribution < 1.29 is 9.88 Å². The van der Waals surface area contributed by atoms with Gasteiger partial charge < -0.3 is 0 Å². The van der Waals surface area contributed by atoms with Gasteiger partial charge in [-0.25, -0.2) is 0 Å². The molecule has 0 heterocycles. The van der Waals surface area contributed by atoms with Gasteiger partial charge in [-0.05, 0) is 6.42 Å². The average Bonchev–Trinajstić information content (AvgIpc) is 1.69. The van der Waals surface area contributed by atoms with Crippen LogP contribution in [-0.4, -0.2) is 6.61 Å². The lowest BCUT2D eigenvalue weighted by Gasteiger charge is -1.87. The first-order chi connectivity index (χ1) is 3.41. The molecule has 0 amide bonds. The van der Waals surface area contributed by atoms with E-state index in [1.165, 1.54) is 0 Å². The molecule has 42 valence electrons. The third-order valence-corrected chi connectivity index (χ3v) is 0.371. The second-order valence-electron chi connectivity index (χ2n) is 0.971. The topological polar surface area (TPSA) is 47.9 Å². The monoisotopic (exact) mass is 105 g/mol. The molecule has 0 fully saturated rings. The van der Waals surface area contributed by atoms with Crippen LogP contribution in [0.4, 0.5) is 0 Å². The number of nitrogens with zero attached hydrogens (tertiary/aromatic N) is 1. The van der Waals surface area contributed by atoms with Crippen molar-refractivity contribution in [2.75, 3.05) is 6.61 Å². The van der Waals surface area contributed by atoms with Crippen LogP contribution in [0.3, 0.4) is 0 Å². The van der Waals surface area contributed by atoms with Crippen molar-refractivity contribution in [3.8, 4) is 0 Å². The van der Waals surface area contributed by atoms with Crippen LogP contribution in [0.25, 0.3) is 0 Å². The van der Waals surface area contributed by atoms with Crippen molar-refractivity contribution in [3.05, 3.63) is 4.91 Å². The van der Waals surface area contributed by atoms with Gasteiger partial charge in [0.15, 0.2) is 5.34 Å². The molecule has 0 atom stereocenters. The zero-order valence-electron chi connectivity index (χ0n) is 4.09. The Labute approximate surface area is 41.3 Å². The molecule has 4 nitrogen and oxygen atoms in total. The zero-order chi connectivity index (χ0) is 5.54. The van der Waals surface area contributed by atoms with Crippen LogP contribution in [0.5, 0.6) is 0 Å². The van der Waals surface area contributed by atoms with Crippen LogP contribution in [-0.2, 0) is 9.88 Å². The summed E-state index contributed by atoms with van der Waals surface area (Å²) in [5.41, 5.74) is 0. The van der Waals surface area contributed by atoms with Crippen molar-refractivity contribution in [2.24, 2.45) is 5.34 Å². The second-order valence-corrected chi connectivity index (χ2v) is 0.971. The minimum Gasteiger partial charge on any atom is -0.181 e. The summed E-state index contributed by atoms with van der Waals surface area (Å²) < 4.78 is 0. The lowest BCUT2D eigenvalue weighted by atomic mass is 10.5. The minimum atomic E-state index is 0.408. The maximum Gasteiger partial charge on any atom is 0.190 e. The van der Waals surface area contributed by atoms with Gasteiger partial charge in [0.25, 0.3) is 0 Å².